The third kappa shape index (κ3) is 3.39. The average Bonchev–Trinajstić information content (AvgIpc) is 3.01. The van der Waals surface area contributed by atoms with Gasteiger partial charge in [-0.3, -0.25) is 0 Å². The Morgan fingerprint density at radius 3 is 3.05 bits per heavy atom. The standard InChI is InChI=1S/C15H17ClN2O3S/c1-3-13-17-15(21-18-13)9(2)22-7-11-5-12(16)4-10-6-19-8-20-14(10)11/h4-5,9H,3,6-8H2,1-2H3/t9-/m1/s1. The molecule has 0 saturated carbocycles. The summed E-state index contributed by atoms with van der Waals surface area (Å²) in [5, 5.41) is 4.74. The molecule has 22 heavy (non-hydrogen) atoms. The number of halogens is 1. The molecule has 1 aromatic carbocycles. The Balaban J connectivity index is 1.72. The van der Waals surface area contributed by atoms with Crippen molar-refractivity contribution in [3.05, 3.63) is 40.0 Å². The van der Waals surface area contributed by atoms with E-state index in [1.165, 1.54) is 0 Å². The summed E-state index contributed by atoms with van der Waals surface area (Å²) in [4.78, 5) is 4.37. The Morgan fingerprint density at radius 2 is 2.27 bits per heavy atom. The van der Waals surface area contributed by atoms with Crippen LogP contribution in [-0.4, -0.2) is 16.9 Å². The molecule has 1 atom stereocenters. The lowest BCUT2D eigenvalue weighted by Gasteiger charge is -2.21. The molecule has 0 N–H and O–H groups in total. The highest BCUT2D eigenvalue weighted by Crippen LogP contribution is 2.37. The van der Waals surface area contributed by atoms with Gasteiger partial charge in [-0.15, -0.1) is 11.8 Å². The van der Waals surface area contributed by atoms with Gasteiger partial charge in [0.1, 0.15) is 5.75 Å². The van der Waals surface area contributed by atoms with Crippen molar-refractivity contribution in [2.45, 2.75) is 37.9 Å². The van der Waals surface area contributed by atoms with Gasteiger partial charge in [0, 0.05) is 28.3 Å². The molecular formula is C15H17ClN2O3S. The first-order valence-electron chi connectivity index (χ1n) is 7.13. The maximum atomic E-state index is 6.18. The molecule has 1 aliphatic heterocycles. The predicted molar refractivity (Wildman–Crippen MR) is 85.1 cm³/mol. The second kappa shape index (κ2) is 6.89. The quantitative estimate of drug-likeness (QED) is 0.815. The number of hydrogen-bond acceptors (Lipinski definition) is 6. The van der Waals surface area contributed by atoms with Gasteiger partial charge in [0.2, 0.25) is 5.89 Å². The van der Waals surface area contributed by atoms with Gasteiger partial charge in [0.25, 0.3) is 0 Å². The van der Waals surface area contributed by atoms with Crippen LogP contribution in [0.3, 0.4) is 0 Å². The van der Waals surface area contributed by atoms with Gasteiger partial charge in [0.05, 0.1) is 11.9 Å². The number of aromatic nitrogens is 2. The largest absolute Gasteiger partial charge is 0.467 e. The van der Waals surface area contributed by atoms with Crippen LogP contribution in [0.1, 0.15) is 41.9 Å². The van der Waals surface area contributed by atoms with Crippen LogP contribution in [0.4, 0.5) is 0 Å². The van der Waals surface area contributed by atoms with Crippen LogP contribution in [0.25, 0.3) is 0 Å². The van der Waals surface area contributed by atoms with Gasteiger partial charge in [-0.05, 0) is 19.1 Å². The molecule has 3 rings (SSSR count). The Morgan fingerprint density at radius 1 is 1.41 bits per heavy atom. The van der Waals surface area contributed by atoms with Crippen molar-refractivity contribution in [1.82, 2.24) is 10.1 Å². The van der Waals surface area contributed by atoms with Crippen molar-refractivity contribution in [1.29, 1.82) is 0 Å². The van der Waals surface area contributed by atoms with E-state index in [2.05, 4.69) is 17.1 Å². The van der Waals surface area contributed by atoms with Crippen LogP contribution in [0, 0.1) is 0 Å². The Hall–Kier alpha value is -1.24. The van der Waals surface area contributed by atoms with E-state index in [9.17, 15) is 0 Å². The van der Waals surface area contributed by atoms with E-state index in [-0.39, 0.29) is 12.0 Å². The maximum Gasteiger partial charge on any atom is 0.239 e. The molecule has 0 amide bonds. The van der Waals surface area contributed by atoms with E-state index in [4.69, 9.17) is 25.6 Å². The normalized spacial score (nSPS) is 15.2. The minimum Gasteiger partial charge on any atom is -0.467 e. The molecule has 118 valence electrons. The summed E-state index contributed by atoms with van der Waals surface area (Å²) in [5.74, 6) is 3.04. The Labute approximate surface area is 138 Å². The van der Waals surface area contributed by atoms with Gasteiger partial charge >= 0.3 is 0 Å². The highest BCUT2D eigenvalue weighted by molar-refractivity contribution is 7.98. The molecule has 0 unspecified atom stereocenters. The molecule has 2 aromatic rings. The first-order valence-corrected chi connectivity index (χ1v) is 8.56. The zero-order valence-corrected chi connectivity index (χ0v) is 14.0. The molecule has 0 spiro atoms. The van der Waals surface area contributed by atoms with Crippen molar-refractivity contribution in [3.63, 3.8) is 0 Å². The van der Waals surface area contributed by atoms with Crippen molar-refractivity contribution in [2.24, 2.45) is 0 Å². The lowest BCUT2D eigenvalue weighted by molar-refractivity contribution is -0.0168. The number of thioether (sulfide) groups is 1. The molecule has 0 bridgehead atoms. The summed E-state index contributed by atoms with van der Waals surface area (Å²) in [6.07, 6.45) is 0.774. The summed E-state index contributed by atoms with van der Waals surface area (Å²) in [6.45, 7) is 4.88. The minimum absolute atomic E-state index is 0.113. The number of aryl methyl sites for hydroxylation is 1. The second-order valence-corrected chi connectivity index (χ2v) is 6.78. The molecule has 5 nitrogen and oxygen atoms in total. The van der Waals surface area contributed by atoms with Gasteiger partial charge in [-0.25, -0.2) is 0 Å². The fourth-order valence-corrected chi connectivity index (χ4v) is 3.37. The molecular weight excluding hydrogens is 324 g/mol. The zero-order valence-electron chi connectivity index (χ0n) is 12.5. The molecule has 2 heterocycles. The van der Waals surface area contributed by atoms with E-state index >= 15 is 0 Å². The van der Waals surface area contributed by atoms with E-state index < -0.39 is 0 Å². The summed E-state index contributed by atoms with van der Waals surface area (Å²) < 4.78 is 16.2. The molecule has 7 heteroatoms. The monoisotopic (exact) mass is 340 g/mol. The third-order valence-corrected chi connectivity index (χ3v) is 4.79. The smallest absolute Gasteiger partial charge is 0.239 e. The van der Waals surface area contributed by atoms with Gasteiger partial charge in [-0.2, -0.15) is 4.98 Å². The lowest BCUT2D eigenvalue weighted by atomic mass is 10.1. The van der Waals surface area contributed by atoms with Crippen LogP contribution in [0.5, 0.6) is 5.75 Å². The van der Waals surface area contributed by atoms with Gasteiger partial charge < -0.3 is 14.0 Å². The number of ether oxygens (including phenoxy) is 2. The van der Waals surface area contributed by atoms with Crippen molar-refractivity contribution in [2.75, 3.05) is 6.79 Å². The number of rotatable bonds is 5. The first kappa shape index (κ1) is 15.6. The number of nitrogens with zero attached hydrogens (tertiary/aromatic N) is 2. The summed E-state index contributed by atoms with van der Waals surface area (Å²) in [6, 6.07) is 3.83. The van der Waals surface area contributed by atoms with Crippen LogP contribution in [0.15, 0.2) is 16.7 Å². The summed E-state index contributed by atoms with van der Waals surface area (Å²) in [7, 11) is 0. The number of fused-ring (bicyclic) bond motifs is 1. The number of benzene rings is 1. The van der Waals surface area contributed by atoms with Crippen molar-refractivity contribution in [3.8, 4) is 5.75 Å². The SMILES string of the molecule is CCc1noc([C@@H](C)SCc2cc(Cl)cc3c2OCOC3)n1. The van der Waals surface area contributed by atoms with E-state index in [0.29, 0.717) is 17.5 Å². The zero-order chi connectivity index (χ0) is 15.5. The Kier molecular flexibility index (Phi) is 4.90. The van der Waals surface area contributed by atoms with Crippen LogP contribution < -0.4 is 4.74 Å². The van der Waals surface area contributed by atoms with E-state index in [1.54, 1.807) is 11.8 Å². The summed E-state index contributed by atoms with van der Waals surface area (Å²) >= 11 is 7.89. The topological polar surface area (TPSA) is 57.4 Å². The molecule has 1 aliphatic rings. The fourth-order valence-electron chi connectivity index (χ4n) is 2.23. The molecule has 0 saturated heterocycles. The highest BCUT2D eigenvalue weighted by Gasteiger charge is 2.19. The van der Waals surface area contributed by atoms with Crippen LogP contribution >= 0.6 is 23.4 Å². The van der Waals surface area contributed by atoms with Gasteiger partial charge in [0.15, 0.2) is 12.6 Å². The van der Waals surface area contributed by atoms with E-state index in [0.717, 1.165) is 34.9 Å². The summed E-state index contributed by atoms with van der Waals surface area (Å²) in [5.41, 5.74) is 2.06. The molecule has 0 aliphatic carbocycles. The highest BCUT2D eigenvalue weighted by atomic mass is 35.5. The second-order valence-electron chi connectivity index (χ2n) is 5.02. The first-order chi connectivity index (χ1) is 10.7. The fraction of sp³-hybridized carbons (Fsp3) is 0.467. The third-order valence-electron chi connectivity index (χ3n) is 3.39. The van der Waals surface area contributed by atoms with Gasteiger partial charge in [-0.1, -0.05) is 23.7 Å². The maximum absolute atomic E-state index is 6.18. The molecule has 0 fully saturated rings. The van der Waals surface area contributed by atoms with Crippen molar-refractivity contribution < 1.29 is 14.0 Å². The van der Waals surface area contributed by atoms with E-state index in [1.807, 2.05) is 19.1 Å². The van der Waals surface area contributed by atoms with Crippen LogP contribution in [0.2, 0.25) is 5.02 Å². The van der Waals surface area contributed by atoms with Crippen molar-refractivity contribution >= 4 is 23.4 Å². The molecule has 1 aromatic heterocycles. The predicted octanol–water partition coefficient (Wildman–Crippen LogP) is 4.15. The molecule has 0 radical (unpaired) electrons. The average molecular weight is 341 g/mol. The lowest BCUT2D eigenvalue weighted by Crippen LogP contribution is -2.13. The number of hydrogen-bond donors (Lipinski definition) is 0. The Bertz CT molecular complexity index is 662. The van der Waals surface area contributed by atoms with Crippen LogP contribution in [-0.2, 0) is 23.5 Å². The minimum atomic E-state index is 0.113.